The normalized spacial score (nSPS) is 11.7. The Kier molecular flexibility index (Phi) is 7.00. The fourth-order valence-corrected chi connectivity index (χ4v) is 2.67. The van der Waals surface area contributed by atoms with Gasteiger partial charge >= 0.3 is 0 Å². The predicted octanol–water partition coefficient (Wildman–Crippen LogP) is 1.94. The minimum absolute atomic E-state index is 0.557. The highest BCUT2D eigenvalue weighted by Crippen LogP contribution is 2.20. The van der Waals surface area contributed by atoms with E-state index in [2.05, 4.69) is 22.2 Å². The van der Waals surface area contributed by atoms with Crippen LogP contribution in [0.1, 0.15) is 19.8 Å². The minimum atomic E-state index is 0.557. The Balaban J connectivity index is 1.99. The molecule has 0 amide bonds. The molecule has 1 aromatic heterocycles. The SMILES string of the molecule is CCCN=C(N)NCCCSc1nccs1. The summed E-state index contributed by atoms with van der Waals surface area (Å²) in [5.74, 6) is 1.61. The Morgan fingerprint density at radius 3 is 3.25 bits per heavy atom. The molecular weight excluding hydrogens is 240 g/mol. The first-order valence-electron chi connectivity index (χ1n) is 5.39. The maximum atomic E-state index is 5.66. The zero-order valence-electron chi connectivity index (χ0n) is 9.48. The molecule has 6 heteroatoms. The van der Waals surface area contributed by atoms with Gasteiger partial charge in [0.05, 0.1) is 0 Å². The van der Waals surface area contributed by atoms with Gasteiger partial charge in [-0.2, -0.15) is 0 Å². The summed E-state index contributed by atoms with van der Waals surface area (Å²) in [6, 6.07) is 0. The highest BCUT2D eigenvalue weighted by Gasteiger charge is 1.96. The molecule has 0 spiro atoms. The van der Waals surface area contributed by atoms with Crippen LogP contribution >= 0.6 is 23.1 Å². The van der Waals surface area contributed by atoms with Crippen molar-refractivity contribution >= 4 is 29.1 Å². The van der Waals surface area contributed by atoms with Crippen LogP contribution in [0.2, 0.25) is 0 Å². The van der Waals surface area contributed by atoms with E-state index in [9.17, 15) is 0 Å². The second-order valence-corrected chi connectivity index (χ2v) is 5.43. The molecule has 1 heterocycles. The Morgan fingerprint density at radius 1 is 1.69 bits per heavy atom. The van der Waals surface area contributed by atoms with Crippen LogP contribution in [0.3, 0.4) is 0 Å². The van der Waals surface area contributed by atoms with Crippen molar-refractivity contribution in [2.45, 2.75) is 24.1 Å². The number of nitrogens with zero attached hydrogens (tertiary/aromatic N) is 2. The van der Waals surface area contributed by atoms with Crippen molar-refractivity contribution in [2.24, 2.45) is 10.7 Å². The lowest BCUT2D eigenvalue weighted by Crippen LogP contribution is -2.32. The van der Waals surface area contributed by atoms with Crippen LogP contribution in [-0.4, -0.2) is 29.8 Å². The summed E-state index contributed by atoms with van der Waals surface area (Å²) in [4.78, 5) is 8.36. The summed E-state index contributed by atoms with van der Waals surface area (Å²) < 4.78 is 1.13. The number of aliphatic imine (C=N–C) groups is 1. The first-order chi connectivity index (χ1) is 7.83. The van der Waals surface area contributed by atoms with Gasteiger partial charge in [0, 0.05) is 30.4 Å². The standard InChI is InChI=1S/C10H18N4S2/c1-2-4-12-9(11)13-5-3-7-15-10-14-6-8-16-10/h6,8H,2-5,7H2,1H3,(H3,11,12,13). The van der Waals surface area contributed by atoms with Gasteiger partial charge in [-0.3, -0.25) is 4.99 Å². The maximum absolute atomic E-state index is 5.66. The number of hydrogen-bond donors (Lipinski definition) is 2. The van der Waals surface area contributed by atoms with Crippen LogP contribution in [0.25, 0.3) is 0 Å². The lowest BCUT2D eigenvalue weighted by Gasteiger charge is -2.04. The third-order valence-corrected chi connectivity index (χ3v) is 3.82. The van der Waals surface area contributed by atoms with E-state index in [0.717, 1.165) is 36.0 Å². The molecule has 0 unspecified atom stereocenters. The maximum Gasteiger partial charge on any atom is 0.188 e. The third-order valence-electron chi connectivity index (χ3n) is 1.77. The van der Waals surface area contributed by atoms with Crippen molar-refractivity contribution in [3.05, 3.63) is 11.6 Å². The average Bonchev–Trinajstić information content (AvgIpc) is 2.79. The third kappa shape index (κ3) is 5.97. The molecule has 0 saturated carbocycles. The molecule has 0 aliphatic carbocycles. The molecule has 0 radical (unpaired) electrons. The number of thiazole rings is 1. The van der Waals surface area contributed by atoms with Crippen molar-refractivity contribution in [3.63, 3.8) is 0 Å². The fraction of sp³-hybridized carbons (Fsp3) is 0.600. The topological polar surface area (TPSA) is 63.3 Å². The predicted molar refractivity (Wildman–Crippen MR) is 72.2 cm³/mol. The molecule has 0 bridgehead atoms. The van der Waals surface area contributed by atoms with Gasteiger partial charge in [0.15, 0.2) is 5.96 Å². The van der Waals surface area contributed by atoms with Gasteiger partial charge in [-0.05, 0) is 12.8 Å². The Hall–Kier alpha value is -0.750. The van der Waals surface area contributed by atoms with E-state index in [1.54, 1.807) is 23.1 Å². The molecule has 0 aromatic carbocycles. The summed E-state index contributed by atoms with van der Waals surface area (Å²) in [7, 11) is 0. The van der Waals surface area contributed by atoms with Gasteiger partial charge in [-0.25, -0.2) is 4.98 Å². The van der Waals surface area contributed by atoms with E-state index < -0.39 is 0 Å². The zero-order valence-corrected chi connectivity index (χ0v) is 11.1. The van der Waals surface area contributed by atoms with E-state index in [0.29, 0.717) is 5.96 Å². The lowest BCUT2D eigenvalue weighted by molar-refractivity contribution is 0.825. The van der Waals surface area contributed by atoms with Gasteiger partial charge in [-0.1, -0.05) is 18.7 Å². The number of aromatic nitrogens is 1. The van der Waals surface area contributed by atoms with Crippen LogP contribution in [0.5, 0.6) is 0 Å². The first-order valence-corrected chi connectivity index (χ1v) is 7.25. The number of guanidine groups is 1. The van der Waals surface area contributed by atoms with E-state index in [4.69, 9.17) is 5.73 Å². The molecule has 0 aliphatic rings. The summed E-state index contributed by atoms with van der Waals surface area (Å²) in [5.41, 5.74) is 5.66. The molecule has 0 atom stereocenters. The van der Waals surface area contributed by atoms with Crippen LogP contribution < -0.4 is 11.1 Å². The summed E-state index contributed by atoms with van der Waals surface area (Å²) in [5, 5.41) is 5.09. The Labute approximate surface area is 105 Å². The fourth-order valence-electron chi connectivity index (χ4n) is 1.02. The Morgan fingerprint density at radius 2 is 2.56 bits per heavy atom. The first kappa shape index (κ1) is 13.3. The molecule has 0 fully saturated rings. The summed E-state index contributed by atoms with van der Waals surface area (Å²) in [6.45, 7) is 3.76. The molecule has 3 N–H and O–H groups in total. The molecule has 0 aliphatic heterocycles. The van der Waals surface area contributed by atoms with Crippen molar-refractivity contribution < 1.29 is 0 Å². The number of rotatable bonds is 7. The summed E-state index contributed by atoms with van der Waals surface area (Å²) >= 11 is 3.46. The highest BCUT2D eigenvalue weighted by molar-refractivity contribution is 8.00. The average molecular weight is 258 g/mol. The number of hydrogen-bond acceptors (Lipinski definition) is 4. The number of nitrogens with two attached hydrogens (primary N) is 1. The Bertz CT molecular complexity index is 298. The van der Waals surface area contributed by atoms with Crippen molar-refractivity contribution in [3.8, 4) is 0 Å². The van der Waals surface area contributed by atoms with Gasteiger partial charge in [0.2, 0.25) is 0 Å². The minimum Gasteiger partial charge on any atom is -0.370 e. The molecule has 16 heavy (non-hydrogen) atoms. The quantitative estimate of drug-likeness (QED) is 0.339. The van der Waals surface area contributed by atoms with Crippen LogP contribution in [0.4, 0.5) is 0 Å². The highest BCUT2D eigenvalue weighted by atomic mass is 32.2. The monoisotopic (exact) mass is 258 g/mol. The second kappa shape index (κ2) is 8.41. The lowest BCUT2D eigenvalue weighted by atomic mass is 10.5. The van der Waals surface area contributed by atoms with E-state index in [1.807, 2.05) is 11.6 Å². The van der Waals surface area contributed by atoms with Gasteiger partial charge in [0.25, 0.3) is 0 Å². The van der Waals surface area contributed by atoms with E-state index >= 15 is 0 Å². The number of thioether (sulfide) groups is 1. The van der Waals surface area contributed by atoms with Crippen LogP contribution in [-0.2, 0) is 0 Å². The van der Waals surface area contributed by atoms with Crippen molar-refractivity contribution in [1.29, 1.82) is 0 Å². The molecule has 1 aromatic rings. The van der Waals surface area contributed by atoms with Gasteiger partial charge in [0.1, 0.15) is 4.34 Å². The second-order valence-electron chi connectivity index (χ2n) is 3.19. The van der Waals surface area contributed by atoms with E-state index in [1.165, 1.54) is 0 Å². The van der Waals surface area contributed by atoms with Crippen molar-refractivity contribution in [2.75, 3.05) is 18.8 Å². The summed E-state index contributed by atoms with van der Waals surface area (Å²) in [6.07, 6.45) is 3.93. The number of nitrogens with one attached hydrogen (secondary N) is 1. The zero-order chi connectivity index (χ0) is 11.6. The molecule has 4 nitrogen and oxygen atoms in total. The molecular formula is C10H18N4S2. The molecule has 0 saturated heterocycles. The van der Waals surface area contributed by atoms with Crippen LogP contribution in [0.15, 0.2) is 20.9 Å². The van der Waals surface area contributed by atoms with Gasteiger partial charge < -0.3 is 11.1 Å². The smallest absolute Gasteiger partial charge is 0.188 e. The van der Waals surface area contributed by atoms with Crippen molar-refractivity contribution in [1.82, 2.24) is 10.3 Å². The van der Waals surface area contributed by atoms with Crippen LogP contribution in [0, 0.1) is 0 Å². The molecule has 90 valence electrons. The van der Waals surface area contributed by atoms with E-state index in [-0.39, 0.29) is 0 Å². The molecule has 1 rings (SSSR count). The largest absolute Gasteiger partial charge is 0.370 e. The van der Waals surface area contributed by atoms with Gasteiger partial charge in [-0.15, -0.1) is 11.3 Å².